The van der Waals surface area contributed by atoms with Gasteiger partial charge < -0.3 is 23.7 Å². The van der Waals surface area contributed by atoms with Gasteiger partial charge in [-0.1, -0.05) is 61.9 Å². The molecule has 0 fully saturated rings. The van der Waals surface area contributed by atoms with E-state index in [-0.39, 0.29) is 17.1 Å². The van der Waals surface area contributed by atoms with Crippen molar-refractivity contribution in [3.63, 3.8) is 0 Å². The van der Waals surface area contributed by atoms with Crippen LogP contribution < -0.4 is 14.9 Å². The molecule has 1 amide bonds. The Morgan fingerprint density at radius 1 is 0.949 bits per heavy atom. The minimum absolute atomic E-state index is 0.115. The number of methoxy groups -OCH3 is 1. The summed E-state index contributed by atoms with van der Waals surface area (Å²) < 4.78 is 17.9. The molecule has 0 N–H and O–H groups in total. The largest absolute Gasteiger partial charge is 0.493 e. The van der Waals surface area contributed by atoms with Gasteiger partial charge in [0.05, 0.1) is 24.1 Å². The highest BCUT2D eigenvalue weighted by Crippen LogP contribution is 2.41. The fraction of sp³-hybridized carbons (Fsp3) is 0.312. The molecule has 4 aromatic rings. The summed E-state index contributed by atoms with van der Waals surface area (Å²) in [5.41, 5.74) is 3.38. The number of hydrogen-bond acceptors (Lipinski definition) is 6. The van der Waals surface area contributed by atoms with Crippen molar-refractivity contribution in [3.05, 3.63) is 105 Å². The van der Waals surface area contributed by atoms with Crippen LogP contribution >= 0.6 is 0 Å². The quantitative estimate of drug-likeness (QED) is 0.269. The molecular formula is C32H34N2O5. The lowest BCUT2D eigenvalue weighted by molar-refractivity contribution is 0.0708. The van der Waals surface area contributed by atoms with Crippen LogP contribution in [-0.2, 0) is 6.61 Å². The normalized spacial score (nSPS) is 14.7. The Bertz CT molecular complexity index is 1540. The van der Waals surface area contributed by atoms with Crippen LogP contribution in [0.1, 0.15) is 52.7 Å². The predicted molar refractivity (Wildman–Crippen MR) is 152 cm³/mol. The van der Waals surface area contributed by atoms with Crippen molar-refractivity contribution in [2.24, 2.45) is 0 Å². The molecule has 1 atom stereocenters. The molecule has 39 heavy (non-hydrogen) atoms. The summed E-state index contributed by atoms with van der Waals surface area (Å²) >= 11 is 0. The molecule has 1 aromatic heterocycles. The van der Waals surface area contributed by atoms with E-state index >= 15 is 0 Å². The number of amides is 1. The van der Waals surface area contributed by atoms with Gasteiger partial charge in [-0.3, -0.25) is 9.59 Å². The van der Waals surface area contributed by atoms with Gasteiger partial charge >= 0.3 is 0 Å². The summed E-state index contributed by atoms with van der Waals surface area (Å²) in [5.74, 6) is 0.967. The van der Waals surface area contributed by atoms with Gasteiger partial charge in [0.15, 0.2) is 16.9 Å². The van der Waals surface area contributed by atoms with E-state index in [9.17, 15) is 9.59 Å². The first-order valence-corrected chi connectivity index (χ1v) is 13.4. The zero-order valence-electron chi connectivity index (χ0n) is 22.9. The monoisotopic (exact) mass is 526 g/mol. The summed E-state index contributed by atoms with van der Waals surface area (Å²) in [4.78, 5) is 31.6. The molecule has 0 spiro atoms. The second-order valence-electron chi connectivity index (χ2n) is 9.79. The molecule has 0 radical (unpaired) electrons. The molecule has 1 unspecified atom stereocenters. The predicted octanol–water partition coefficient (Wildman–Crippen LogP) is 5.58. The molecule has 5 rings (SSSR count). The molecule has 3 aromatic carbocycles. The maximum absolute atomic E-state index is 13.9. The molecule has 2 heterocycles. The van der Waals surface area contributed by atoms with Gasteiger partial charge in [-0.2, -0.15) is 0 Å². The number of ether oxygens (including phenoxy) is 2. The first-order valence-electron chi connectivity index (χ1n) is 13.4. The van der Waals surface area contributed by atoms with Crippen LogP contribution in [0, 0.1) is 6.92 Å². The third kappa shape index (κ3) is 5.14. The topological polar surface area (TPSA) is 72.2 Å². The fourth-order valence-corrected chi connectivity index (χ4v) is 5.21. The van der Waals surface area contributed by atoms with Crippen LogP contribution in [0.3, 0.4) is 0 Å². The average molecular weight is 527 g/mol. The Balaban J connectivity index is 1.57. The third-order valence-electron chi connectivity index (χ3n) is 7.41. The standard InChI is InChI=1S/C32H34N2O5/c1-5-33(6-2)16-17-34-29(28-30(35)24-18-21(3)12-14-25(24)39-31(28)32(34)36)23-13-15-26(27(19-23)37-4)38-20-22-10-8-7-9-11-22/h7-15,18-19,29H,5-6,16-17,20H2,1-4H3. The van der Waals surface area contributed by atoms with Gasteiger partial charge in [-0.15, -0.1) is 0 Å². The molecule has 202 valence electrons. The van der Waals surface area contributed by atoms with Gasteiger partial charge in [0, 0.05) is 13.1 Å². The number of likely N-dealkylation sites (N-methyl/N-ethyl adjacent to an activating group) is 1. The lowest BCUT2D eigenvalue weighted by atomic mass is 9.97. The molecule has 1 aliphatic rings. The zero-order chi connectivity index (χ0) is 27.5. The summed E-state index contributed by atoms with van der Waals surface area (Å²) in [5, 5.41) is 0.479. The summed E-state index contributed by atoms with van der Waals surface area (Å²) in [6.07, 6.45) is 0. The maximum atomic E-state index is 13.9. The Hall–Kier alpha value is -4.10. The lowest BCUT2D eigenvalue weighted by Gasteiger charge is -2.28. The highest BCUT2D eigenvalue weighted by Gasteiger charge is 2.43. The Morgan fingerprint density at radius 3 is 2.44 bits per heavy atom. The molecular weight excluding hydrogens is 492 g/mol. The molecule has 7 nitrogen and oxygen atoms in total. The van der Waals surface area contributed by atoms with E-state index in [4.69, 9.17) is 13.9 Å². The third-order valence-corrected chi connectivity index (χ3v) is 7.41. The van der Waals surface area contributed by atoms with Crippen molar-refractivity contribution >= 4 is 16.9 Å². The smallest absolute Gasteiger partial charge is 0.290 e. The zero-order valence-corrected chi connectivity index (χ0v) is 22.9. The van der Waals surface area contributed by atoms with Crippen LogP contribution in [-0.4, -0.2) is 49.0 Å². The molecule has 7 heteroatoms. The number of fused-ring (bicyclic) bond motifs is 2. The van der Waals surface area contributed by atoms with Crippen LogP contribution in [0.4, 0.5) is 0 Å². The lowest BCUT2D eigenvalue weighted by Crippen LogP contribution is -2.37. The van der Waals surface area contributed by atoms with Crippen LogP contribution in [0.5, 0.6) is 11.5 Å². The van der Waals surface area contributed by atoms with E-state index in [2.05, 4.69) is 18.7 Å². The minimum Gasteiger partial charge on any atom is -0.493 e. The van der Waals surface area contributed by atoms with Gasteiger partial charge in [-0.25, -0.2) is 0 Å². The minimum atomic E-state index is -0.596. The molecule has 0 saturated carbocycles. The highest BCUT2D eigenvalue weighted by atomic mass is 16.5. The van der Waals surface area contributed by atoms with Crippen molar-refractivity contribution in [1.29, 1.82) is 0 Å². The molecule has 0 saturated heterocycles. The molecule has 0 bridgehead atoms. The van der Waals surface area contributed by atoms with Crippen molar-refractivity contribution in [3.8, 4) is 11.5 Å². The van der Waals surface area contributed by atoms with Crippen molar-refractivity contribution in [1.82, 2.24) is 9.80 Å². The molecule has 0 aliphatic carbocycles. The van der Waals surface area contributed by atoms with Crippen molar-refractivity contribution in [2.75, 3.05) is 33.3 Å². The Morgan fingerprint density at radius 2 is 1.72 bits per heavy atom. The number of aryl methyl sites for hydroxylation is 1. The number of carbonyl (C=O) groups excluding carboxylic acids is 1. The maximum Gasteiger partial charge on any atom is 0.290 e. The van der Waals surface area contributed by atoms with Gasteiger partial charge in [0.1, 0.15) is 12.2 Å². The SMILES string of the molecule is CCN(CC)CCN1C(=O)c2oc3ccc(C)cc3c(=O)c2C1c1ccc(OCc2ccccc2)c(OC)c1. The van der Waals surface area contributed by atoms with Gasteiger partial charge in [0.2, 0.25) is 5.76 Å². The van der Waals surface area contributed by atoms with E-state index in [0.29, 0.717) is 47.7 Å². The van der Waals surface area contributed by atoms with Crippen molar-refractivity contribution < 1.29 is 18.7 Å². The second kappa shape index (κ2) is 11.3. The van der Waals surface area contributed by atoms with E-state index in [0.717, 1.165) is 29.8 Å². The fourth-order valence-electron chi connectivity index (χ4n) is 5.21. The summed E-state index contributed by atoms with van der Waals surface area (Å²) in [6.45, 7) is 9.41. The first-order chi connectivity index (χ1) is 18.9. The number of hydrogen-bond donors (Lipinski definition) is 0. The molecule has 1 aliphatic heterocycles. The van der Waals surface area contributed by atoms with Crippen LogP contribution in [0.2, 0.25) is 0 Å². The van der Waals surface area contributed by atoms with E-state index in [1.54, 1.807) is 18.1 Å². The second-order valence-corrected chi connectivity index (χ2v) is 9.79. The van der Waals surface area contributed by atoms with Gasteiger partial charge in [0.25, 0.3) is 5.91 Å². The Kier molecular flexibility index (Phi) is 7.70. The number of carbonyl (C=O) groups is 1. The Labute approximate surface area is 228 Å². The summed E-state index contributed by atoms with van der Waals surface area (Å²) in [6, 6.07) is 20.4. The van der Waals surface area contributed by atoms with Gasteiger partial charge in [-0.05, 0) is 55.4 Å². The summed E-state index contributed by atoms with van der Waals surface area (Å²) in [7, 11) is 1.59. The number of nitrogens with zero attached hydrogens (tertiary/aromatic N) is 2. The number of benzene rings is 3. The van der Waals surface area contributed by atoms with Crippen LogP contribution in [0.15, 0.2) is 75.9 Å². The van der Waals surface area contributed by atoms with E-state index in [1.165, 1.54) is 0 Å². The van der Waals surface area contributed by atoms with E-state index < -0.39 is 6.04 Å². The first kappa shape index (κ1) is 26.5. The van der Waals surface area contributed by atoms with E-state index in [1.807, 2.05) is 67.6 Å². The highest BCUT2D eigenvalue weighted by molar-refractivity contribution is 5.99. The number of rotatable bonds is 10. The van der Waals surface area contributed by atoms with Crippen molar-refractivity contribution in [2.45, 2.75) is 33.4 Å². The van der Waals surface area contributed by atoms with Crippen LogP contribution in [0.25, 0.3) is 11.0 Å². The average Bonchev–Trinajstić information content (AvgIpc) is 3.24.